The highest BCUT2D eigenvalue weighted by molar-refractivity contribution is 6.13. The fourth-order valence-electron chi connectivity index (χ4n) is 8.15. The Kier molecular flexibility index (Phi) is 6.52. The van der Waals surface area contributed by atoms with E-state index in [2.05, 4.69) is 184 Å². The van der Waals surface area contributed by atoms with Crippen LogP contribution in [0.5, 0.6) is 0 Å². The van der Waals surface area contributed by atoms with E-state index in [1.54, 1.807) is 0 Å². The third-order valence-corrected chi connectivity index (χ3v) is 10.7. The van der Waals surface area contributed by atoms with Crippen molar-refractivity contribution in [3.05, 3.63) is 194 Å². The molecule has 0 fully saturated rings. The Balaban J connectivity index is 1.06. The van der Waals surface area contributed by atoms with E-state index in [1.807, 2.05) is 24.4 Å². The number of rotatable bonds is 5. The lowest BCUT2D eigenvalue weighted by atomic mass is 9.98. The van der Waals surface area contributed by atoms with Crippen molar-refractivity contribution in [1.82, 2.24) is 18.5 Å². The Morgan fingerprint density at radius 1 is 0.340 bits per heavy atom. The van der Waals surface area contributed by atoms with Gasteiger partial charge in [0.15, 0.2) is 0 Å². The largest absolute Gasteiger partial charge is 0.309 e. The van der Waals surface area contributed by atoms with Crippen LogP contribution in [0.4, 0.5) is 0 Å². The molecule has 4 heteroatoms. The van der Waals surface area contributed by atoms with Crippen LogP contribution in [0, 0.1) is 0 Å². The van der Waals surface area contributed by atoms with E-state index in [0.29, 0.717) is 0 Å². The number of imidazole rings is 1. The molecular weight excluding hydrogens is 645 g/mol. The minimum Gasteiger partial charge on any atom is -0.309 e. The molecule has 0 aliphatic heterocycles. The molecule has 0 unspecified atom stereocenters. The normalized spacial score (nSPS) is 11.8. The molecular formula is C49H32N4. The predicted molar refractivity (Wildman–Crippen MR) is 220 cm³/mol. The predicted octanol–water partition coefficient (Wildman–Crippen LogP) is 12.5. The zero-order valence-corrected chi connectivity index (χ0v) is 28.8. The molecule has 0 aliphatic carbocycles. The lowest BCUT2D eigenvalue weighted by Crippen LogP contribution is -1.93. The molecule has 53 heavy (non-hydrogen) atoms. The van der Waals surface area contributed by atoms with Gasteiger partial charge in [0.05, 0.1) is 27.8 Å². The van der Waals surface area contributed by atoms with Crippen molar-refractivity contribution in [2.75, 3.05) is 0 Å². The molecule has 4 nitrogen and oxygen atoms in total. The number of pyridine rings is 1. The van der Waals surface area contributed by atoms with Crippen LogP contribution in [-0.4, -0.2) is 18.5 Å². The second kappa shape index (κ2) is 11.7. The quantitative estimate of drug-likeness (QED) is 0.178. The molecule has 0 atom stereocenters. The van der Waals surface area contributed by atoms with Gasteiger partial charge < -0.3 is 13.5 Å². The molecule has 11 aromatic rings. The third kappa shape index (κ3) is 4.73. The highest BCUT2D eigenvalue weighted by atomic mass is 15.0. The Morgan fingerprint density at radius 3 is 1.38 bits per heavy atom. The maximum Gasteiger partial charge on any atom is 0.137 e. The average Bonchev–Trinajstić information content (AvgIpc) is 3.91. The van der Waals surface area contributed by atoms with Gasteiger partial charge in [0.1, 0.15) is 5.65 Å². The molecule has 7 aromatic carbocycles. The lowest BCUT2D eigenvalue weighted by molar-refractivity contribution is 1.18. The smallest absolute Gasteiger partial charge is 0.137 e. The molecule has 248 valence electrons. The van der Waals surface area contributed by atoms with Crippen LogP contribution in [-0.2, 0) is 0 Å². The van der Waals surface area contributed by atoms with Gasteiger partial charge in [-0.2, -0.15) is 0 Å². The average molecular weight is 677 g/mol. The molecule has 0 amide bonds. The van der Waals surface area contributed by atoms with Gasteiger partial charge in [-0.1, -0.05) is 103 Å². The number of benzene rings is 7. The highest BCUT2D eigenvalue weighted by Gasteiger charge is 2.17. The molecule has 0 saturated heterocycles. The molecule has 11 rings (SSSR count). The number of aromatic nitrogens is 4. The first kappa shape index (κ1) is 29.5. The Morgan fingerprint density at radius 2 is 0.792 bits per heavy atom. The molecule has 0 spiro atoms. The minimum absolute atomic E-state index is 0.949. The van der Waals surface area contributed by atoms with Crippen molar-refractivity contribution in [3.8, 4) is 44.9 Å². The van der Waals surface area contributed by atoms with Crippen molar-refractivity contribution >= 4 is 49.3 Å². The number of nitrogens with zero attached hydrogens (tertiary/aromatic N) is 4. The monoisotopic (exact) mass is 676 g/mol. The number of para-hydroxylation sites is 3. The van der Waals surface area contributed by atoms with E-state index in [1.165, 1.54) is 71.6 Å². The second-order valence-corrected chi connectivity index (χ2v) is 13.7. The summed E-state index contributed by atoms with van der Waals surface area (Å²) in [5.41, 5.74) is 14.9. The van der Waals surface area contributed by atoms with Crippen LogP contribution in [0.2, 0.25) is 0 Å². The molecule has 0 N–H and O–H groups in total. The molecule has 4 heterocycles. The number of hydrogen-bond acceptors (Lipinski definition) is 1. The summed E-state index contributed by atoms with van der Waals surface area (Å²) in [5, 5.41) is 4.97. The zero-order chi connectivity index (χ0) is 34.9. The van der Waals surface area contributed by atoms with E-state index in [-0.39, 0.29) is 0 Å². The number of hydrogen-bond donors (Lipinski definition) is 0. The first-order valence-corrected chi connectivity index (χ1v) is 18.0. The summed E-state index contributed by atoms with van der Waals surface area (Å²) >= 11 is 0. The molecule has 0 saturated carbocycles. The summed E-state index contributed by atoms with van der Waals surface area (Å²) in [7, 11) is 0. The van der Waals surface area contributed by atoms with E-state index >= 15 is 0 Å². The van der Waals surface area contributed by atoms with Gasteiger partial charge in [-0.3, -0.25) is 0 Å². The minimum atomic E-state index is 0.949. The fourth-order valence-corrected chi connectivity index (χ4v) is 8.15. The summed E-state index contributed by atoms with van der Waals surface area (Å²) < 4.78 is 6.83. The second-order valence-electron chi connectivity index (χ2n) is 13.7. The lowest BCUT2D eigenvalue weighted by Gasteiger charge is -2.09. The molecule has 4 aromatic heterocycles. The van der Waals surface area contributed by atoms with Gasteiger partial charge in [-0.25, -0.2) is 4.98 Å². The zero-order valence-electron chi connectivity index (χ0n) is 28.8. The van der Waals surface area contributed by atoms with Crippen LogP contribution < -0.4 is 0 Å². The highest BCUT2D eigenvalue weighted by Crippen LogP contribution is 2.39. The van der Waals surface area contributed by atoms with Gasteiger partial charge in [0.2, 0.25) is 0 Å². The summed E-state index contributed by atoms with van der Waals surface area (Å²) in [6.45, 7) is 0. The van der Waals surface area contributed by atoms with Gasteiger partial charge >= 0.3 is 0 Å². The summed E-state index contributed by atoms with van der Waals surface area (Å²) in [6.07, 6.45) is 4.13. The van der Waals surface area contributed by atoms with E-state index in [0.717, 1.165) is 22.6 Å². The van der Waals surface area contributed by atoms with Crippen molar-refractivity contribution in [2.24, 2.45) is 0 Å². The van der Waals surface area contributed by atoms with Gasteiger partial charge in [-0.05, 0) is 101 Å². The van der Waals surface area contributed by atoms with Crippen LogP contribution in [0.15, 0.2) is 194 Å². The summed E-state index contributed by atoms with van der Waals surface area (Å²) in [6, 6.07) is 65.7. The summed E-state index contributed by atoms with van der Waals surface area (Å²) in [5.74, 6) is 0. The maximum absolute atomic E-state index is 4.83. The maximum atomic E-state index is 4.83. The van der Waals surface area contributed by atoms with E-state index < -0.39 is 0 Å². The van der Waals surface area contributed by atoms with Gasteiger partial charge in [0.25, 0.3) is 0 Å². The Bertz CT molecular complexity index is 3110. The SMILES string of the molecule is c1ccc(-n2c3ccccc3c3cc(-c4ccc5c(c4)c4cc(-c6ccc(-c7cn8ccccc8n7)cc6)ccc4n5-c4ccccc4)ccc32)cc1. The standard InChI is InChI=1S/C49H32N4/c1-3-11-38(12-4-1)52-45-16-8-7-15-40(45)41-30-36(23-26-46(41)52)37-24-27-48-43(31-37)42-29-35(22-25-47(42)53(48)39-13-5-2-6-14-39)33-18-20-34(21-19-33)44-32-51-28-10-9-17-49(51)50-44/h1-32H. The molecule has 0 radical (unpaired) electrons. The van der Waals surface area contributed by atoms with E-state index in [4.69, 9.17) is 4.98 Å². The van der Waals surface area contributed by atoms with Crippen molar-refractivity contribution < 1.29 is 0 Å². The third-order valence-electron chi connectivity index (χ3n) is 10.7. The molecule has 0 bridgehead atoms. The first-order valence-electron chi connectivity index (χ1n) is 18.0. The first-order chi connectivity index (χ1) is 26.3. The number of fused-ring (bicyclic) bond motifs is 7. The van der Waals surface area contributed by atoms with Crippen molar-refractivity contribution in [1.29, 1.82) is 0 Å². The summed E-state index contributed by atoms with van der Waals surface area (Å²) in [4.78, 5) is 4.83. The van der Waals surface area contributed by atoms with Gasteiger partial charge in [-0.15, -0.1) is 0 Å². The van der Waals surface area contributed by atoms with Crippen LogP contribution >= 0.6 is 0 Å². The topological polar surface area (TPSA) is 27.2 Å². The van der Waals surface area contributed by atoms with Crippen LogP contribution in [0.25, 0.3) is 94.1 Å². The fraction of sp³-hybridized carbons (Fsp3) is 0. The Hall–Kier alpha value is -7.17. The van der Waals surface area contributed by atoms with Crippen LogP contribution in [0.3, 0.4) is 0 Å². The molecule has 0 aliphatic rings. The Labute approximate surface area is 306 Å². The van der Waals surface area contributed by atoms with Crippen molar-refractivity contribution in [2.45, 2.75) is 0 Å². The van der Waals surface area contributed by atoms with Gasteiger partial charge in [0, 0.05) is 50.9 Å². The van der Waals surface area contributed by atoms with Crippen LogP contribution in [0.1, 0.15) is 0 Å². The van der Waals surface area contributed by atoms with E-state index in [9.17, 15) is 0 Å². The van der Waals surface area contributed by atoms with Crippen molar-refractivity contribution in [3.63, 3.8) is 0 Å².